The van der Waals surface area contributed by atoms with E-state index < -0.39 is 10.8 Å². The molecule has 0 radical (unpaired) electrons. The lowest BCUT2D eigenvalue weighted by Gasteiger charge is -2.18. The summed E-state index contributed by atoms with van der Waals surface area (Å²) in [7, 11) is 0. The molecule has 2 heterocycles. The standard InChI is InChI=1S/C25H19N5O5/c31-25(17-6-9-21(10-7-17)30(32)33)27-26-15-19-16-29(20-4-2-1-3-5-20)28-24(19)18-8-11-22-23(14-18)35-13-12-34-22/h1-11,14-16H,12-13H2,(H,27,31)/b26-15-. The first kappa shape index (κ1) is 21.8. The summed E-state index contributed by atoms with van der Waals surface area (Å²) in [6, 6.07) is 20.5. The minimum atomic E-state index is -0.524. The van der Waals surface area contributed by atoms with Crippen LogP contribution in [0.15, 0.2) is 84.1 Å². The molecule has 0 aliphatic carbocycles. The van der Waals surface area contributed by atoms with Gasteiger partial charge in [0.2, 0.25) is 0 Å². The maximum atomic E-state index is 12.4. The highest BCUT2D eigenvalue weighted by Crippen LogP contribution is 2.35. The number of hydrogen-bond acceptors (Lipinski definition) is 7. The quantitative estimate of drug-likeness (QED) is 0.259. The van der Waals surface area contributed by atoms with Crippen LogP contribution in [-0.4, -0.2) is 40.0 Å². The molecule has 1 N–H and O–H groups in total. The van der Waals surface area contributed by atoms with Gasteiger partial charge >= 0.3 is 0 Å². The Hall–Kier alpha value is -4.99. The number of nitrogens with one attached hydrogen (secondary N) is 1. The van der Waals surface area contributed by atoms with Gasteiger partial charge in [0, 0.05) is 35.0 Å². The van der Waals surface area contributed by atoms with Crippen LogP contribution in [0.4, 0.5) is 5.69 Å². The first-order valence-corrected chi connectivity index (χ1v) is 10.7. The van der Waals surface area contributed by atoms with Gasteiger partial charge in [-0.05, 0) is 42.5 Å². The number of para-hydroxylation sites is 1. The second-order valence-electron chi connectivity index (χ2n) is 7.57. The zero-order valence-electron chi connectivity index (χ0n) is 18.3. The lowest BCUT2D eigenvalue weighted by molar-refractivity contribution is -0.384. The van der Waals surface area contributed by atoms with Crippen LogP contribution in [0, 0.1) is 10.1 Å². The summed E-state index contributed by atoms with van der Waals surface area (Å²) in [6.07, 6.45) is 3.31. The second kappa shape index (κ2) is 9.48. The molecule has 1 aliphatic heterocycles. The van der Waals surface area contributed by atoms with E-state index in [1.54, 1.807) is 4.68 Å². The van der Waals surface area contributed by atoms with Gasteiger partial charge in [-0.2, -0.15) is 10.2 Å². The summed E-state index contributed by atoms with van der Waals surface area (Å²) in [5.41, 5.74) is 5.57. The van der Waals surface area contributed by atoms with E-state index in [2.05, 4.69) is 10.5 Å². The number of nitro benzene ring substituents is 1. The first-order valence-electron chi connectivity index (χ1n) is 10.7. The van der Waals surface area contributed by atoms with Crippen LogP contribution in [0.3, 0.4) is 0 Å². The van der Waals surface area contributed by atoms with Crippen LogP contribution in [0.5, 0.6) is 11.5 Å². The van der Waals surface area contributed by atoms with E-state index in [9.17, 15) is 14.9 Å². The van der Waals surface area contributed by atoms with Crippen molar-refractivity contribution in [1.29, 1.82) is 0 Å². The molecule has 0 saturated heterocycles. The minimum absolute atomic E-state index is 0.0950. The van der Waals surface area contributed by atoms with Gasteiger partial charge in [0.05, 0.1) is 16.8 Å². The molecule has 0 atom stereocenters. The summed E-state index contributed by atoms with van der Waals surface area (Å²) in [4.78, 5) is 22.7. The number of fused-ring (bicyclic) bond motifs is 1. The van der Waals surface area contributed by atoms with Gasteiger partial charge in [-0.25, -0.2) is 10.1 Å². The van der Waals surface area contributed by atoms with Gasteiger partial charge in [0.25, 0.3) is 11.6 Å². The van der Waals surface area contributed by atoms with Crippen molar-refractivity contribution in [3.63, 3.8) is 0 Å². The Morgan fingerprint density at radius 3 is 2.51 bits per heavy atom. The predicted octanol–water partition coefficient (Wildman–Crippen LogP) is 3.98. The first-order chi connectivity index (χ1) is 17.1. The van der Waals surface area contributed by atoms with Crippen molar-refractivity contribution in [1.82, 2.24) is 15.2 Å². The SMILES string of the molecule is O=C(N/N=C\c1cn(-c2ccccc2)nc1-c1ccc2c(c1)OCCO2)c1ccc([N+](=O)[O-])cc1. The fourth-order valence-electron chi connectivity index (χ4n) is 3.57. The van der Waals surface area contributed by atoms with E-state index >= 15 is 0 Å². The summed E-state index contributed by atoms with van der Waals surface area (Å²) < 4.78 is 13.0. The monoisotopic (exact) mass is 469 g/mol. The average Bonchev–Trinajstić information content (AvgIpc) is 3.33. The van der Waals surface area contributed by atoms with Gasteiger partial charge in [0.1, 0.15) is 18.9 Å². The minimum Gasteiger partial charge on any atom is -0.486 e. The maximum absolute atomic E-state index is 12.4. The molecule has 5 rings (SSSR count). The molecule has 1 aliphatic rings. The number of hydrogen-bond donors (Lipinski definition) is 1. The molecule has 10 heteroatoms. The van der Waals surface area contributed by atoms with Crippen molar-refractivity contribution in [3.8, 4) is 28.4 Å². The number of carbonyl (C=O) groups excluding carboxylic acids is 1. The summed E-state index contributed by atoms with van der Waals surface area (Å²) in [5, 5.41) is 19.6. The zero-order valence-corrected chi connectivity index (χ0v) is 18.3. The van der Waals surface area contributed by atoms with Crippen molar-refractivity contribution in [2.45, 2.75) is 0 Å². The van der Waals surface area contributed by atoms with Crippen LogP contribution < -0.4 is 14.9 Å². The Kier molecular flexibility index (Phi) is 5.91. The van der Waals surface area contributed by atoms with Gasteiger partial charge < -0.3 is 9.47 Å². The Morgan fingerprint density at radius 1 is 1.03 bits per heavy atom. The predicted molar refractivity (Wildman–Crippen MR) is 128 cm³/mol. The van der Waals surface area contributed by atoms with Gasteiger partial charge in [-0.15, -0.1) is 0 Å². The summed E-state index contributed by atoms with van der Waals surface area (Å²) >= 11 is 0. The van der Waals surface area contributed by atoms with Crippen LogP contribution in [0.1, 0.15) is 15.9 Å². The Labute approximate surface area is 199 Å². The molecule has 0 bridgehead atoms. The number of carbonyl (C=O) groups is 1. The Bertz CT molecular complexity index is 1410. The van der Waals surface area contributed by atoms with Crippen LogP contribution >= 0.6 is 0 Å². The van der Waals surface area contributed by atoms with Gasteiger partial charge in [-0.3, -0.25) is 14.9 Å². The largest absolute Gasteiger partial charge is 0.486 e. The van der Waals surface area contributed by atoms with Crippen LogP contribution in [0.2, 0.25) is 0 Å². The molecule has 1 aromatic heterocycles. The molecule has 0 spiro atoms. The molecular weight excluding hydrogens is 450 g/mol. The molecule has 1 amide bonds. The number of hydrazone groups is 1. The van der Waals surface area contributed by atoms with E-state index in [0.717, 1.165) is 11.3 Å². The number of aromatic nitrogens is 2. The average molecular weight is 469 g/mol. The zero-order chi connectivity index (χ0) is 24.2. The van der Waals surface area contributed by atoms with Crippen LogP contribution in [0.25, 0.3) is 16.9 Å². The number of ether oxygens (including phenoxy) is 2. The molecule has 3 aromatic carbocycles. The highest BCUT2D eigenvalue weighted by Gasteiger charge is 2.17. The highest BCUT2D eigenvalue weighted by atomic mass is 16.6. The summed E-state index contributed by atoms with van der Waals surface area (Å²) in [5.74, 6) is 0.818. The van der Waals surface area contributed by atoms with Gasteiger partial charge in [0.15, 0.2) is 11.5 Å². The van der Waals surface area contributed by atoms with E-state index in [-0.39, 0.29) is 11.3 Å². The molecule has 10 nitrogen and oxygen atoms in total. The van der Waals surface area contributed by atoms with Crippen LogP contribution in [-0.2, 0) is 0 Å². The van der Waals surface area contributed by atoms with E-state index in [4.69, 9.17) is 14.6 Å². The van der Waals surface area contributed by atoms with Crippen molar-refractivity contribution in [3.05, 3.63) is 100 Å². The maximum Gasteiger partial charge on any atom is 0.271 e. The summed E-state index contributed by atoms with van der Waals surface area (Å²) in [6.45, 7) is 0.971. The number of nitrogens with zero attached hydrogens (tertiary/aromatic N) is 4. The van der Waals surface area contributed by atoms with Crippen molar-refractivity contribution < 1.29 is 19.2 Å². The highest BCUT2D eigenvalue weighted by molar-refractivity contribution is 5.96. The second-order valence-corrected chi connectivity index (χ2v) is 7.57. The number of amides is 1. The van der Waals surface area contributed by atoms with Crippen molar-refractivity contribution in [2.75, 3.05) is 13.2 Å². The molecule has 0 fully saturated rings. The number of nitro groups is 1. The topological polar surface area (TPSA) is 121 Å². The van der Waals surface area contributed by atoms with Crippen molar-refractivity contribution >= 4 is 17.8 Å². The number of rotatable bonds is 6. The smallest absolute Gasteiger partial charge is 0.271 e. The van der Waals surface area contributed by atoms with Gasteiger partial charge in [-0.1, -0.05) is 18.2 Å². The fraction of sp³-hybridized carbons (Fsp3) is 0.0800. The van der Waals surface area contributed by atoms with E-state index in [0.29, 0.717) is 36.0 Å². The molecule has 35 heavy (non-hydrogen) atoms. The molecule has 0 saturated carbocycles. The normalized spacial score (nSPS) is 12.5. The molecule has 0 unspecified atom stereocenters. The number of benzene rings is 3. The van der Waals surface area contributed by atoms with Crippen molar-refractivity contribution in [2.24, 2.45) is 5.10 Å². The fourth-order valence-corrected chi connectivity index (χ4v) is 3.57. The molecule has 4 aromatic rings. The third kappa shape index (κ3) is 4.71. The molecule has 174 valence electrons. The Balaban J connectivity index is 1.43. The Morgan fingerprint density at radius 2 is 1.77 bits per heavy atom. The molecular formula is C25H19N5O5. The lowest BCUT2D eigenvalue weighted by Crippen LogP contribution is -2.17. The third-order valence-corrected chi connectivity index (χ3v) is 5.29. The van der Waals surface area contributed by atoms with E-state index in [1.165, 1.54) is 30.5 Å². The third-order valence-electron chi connectivity index (χ3n) is 5.29. The number of non-ortho nitro benzene ring substituents is 1. The van der Waals surface area contributed by atoms with E-state index in [1.807, 2.05) is 54.7 Å². The lowest BCUT2D eigenvalue weighted by atomic mass is 10.1.